The van der Waals surface area contributed by atoms with Crippen LogP contribution >= 0.6 is 11.6 Å². The molecule has 8 heteroatoms. The van der Waals surface area contributed by atoms with Crippen LogP contribution in [-0.2, 0) is 14.3 Å². The van der Waals surface area contributed by atoms with Gasteiger partial charge in [-0.2, -0.15) is 0 Å². The Morgan fingerprint density at radius 2 is 2.23 bits per heavy atom. The highest BCUT2D eigenvalue weighted by molar-refractivity contribution is 6.33. The van der Waals surface area contributed by atoms with E-state index in [1.807, 2.05) is 0 Å². The number of carbonyl (C=O) groups is 3. The number of halogens is 2. The summed E-state index contributed by atoms with van der Waals surface area (Å²) < 4.78 is 17.6. The number of benzene rings is 1. The second-order valence-corrected chi connectivity index (χ2v) is 5.12. The lowest BCUT2D eigenvalue weighted by atomic mass is 10.1. The van der Waals surface area contributed by atoms with Gasteiger partial charge in [-0.25, -0.2) is 4.39 Å². The van der Waals surface area contributed by atoms with E-state index in [9.17, 15) is 18.8 Å². The number of ether oxygens (including phenoxy) is 1. The van der Waals surface area contributed by atoms with E-state index >= 15 is 0 Å². The topological polar surface area (TPSA) is 75.7 Å². The standard InChI is InChI=1S/C14H14ClFN2O4/c1-22-12(19)7-11-13(20)17-4-5-18(11)14(21)9-3-2-8(16)6-10(9)15/h2-3,6,11H,4-5,7H2,1H3,(H,17,20)/t11-/m1/s1. The summed E-state index contributed by atoms with van der Waals surface area (Å²) in [7, 11) is 1.20. The van der Waals surface area contributed by atoms with Gasteiger partial charge in [0.05, 0.1) is 24.1 Å². The molecule has 22 heavy (non-hydrogen) atoms. The van der Waals surface area contributed by atoms with E-state index in [0.717, 1.165) is 12.1 Å². The molecule has 0 saturated carbocycles. The minimum atomic E-state index is -0.977. The maximum Gasteiger partial charge on any atom is 0.308 e. The van der Waals surface area contributed by atoms with Crippen molar-refractivity contribution in [2.24, 2.45) is 0 Å². The third-order valence-corrected chi connectivity index (χ3v) is 3.65. The highest BCUT2D eigenvalue weighted by Crippen LogP contribution is 2.21. The minimum absolute atomic E-state index is 0.0483. The molecule has 1 aromatic carbocycles. The Morgan fingerprint density at radius 1 is 1.50 bits per heavy atom. The van der Waals surface area contributed by atoms with Gasteiger partial charge < -0.3 is 15.0 Å². The van der Waals surface area contributed by atoms with Crippen molar-refractivity contribution in [1.82, 2.24) is 10.2 Å². The number of carbonyl (C=O) groups excluding carboxylic acids is 3. The zero-order chi connectivity index (χ0) is 16.3. The van der Waals surface area contributed by atoms with Crippen molar-refractivity contribution in [3.63, 3.8) is 0 Å². The summed E-state index contributed by atoms with van der Waals surface area (Å²) >= 11 is 5.88. The second kappa shape index (κ2) is 6.74. The van der Waals surface area contributed by atoms with E-state index in [2.05, 4.69) is 10.1 Å². The van der Waals surface area contributed by atoms with Gasteiger partial charge in [0.25, 0.3) is 5.91 Å². The first kappa shape index (κ1) is 16.2. The van der Waals surface area contributed by atoms with Crippen LogP contribution in [0.2, 0.25) is 5.02 Å². The van der Waals surface area contributed by atoms with Gasteiger partial charge in [-0.3, -0.25) is 14.4 Å². The van der Waals surface area contributed by atoms with Gasteiger partial charge in [0.15, 0.2) is 0 Å². The molecule has 1 fully saturated rings. The molecule has 2 amide bonds. The first-order chi connectivity index (χ1) is 10.4. The molecular weight excluding hydrogens is 315 g/mol. The normalized spacial score (nSPS) is 17.9. The fourth-order valence-corrected chi connectivity index (χ4v) is 2.47. The Bertz CT molecular complexity index is 623. The molecule has 6 nitrogen and oxygen atoms in total. The monoisotopic (exact) mass is 328 g/mol. The average molecular weight is 329 g/mol. The maximum atomic E-state index is 13.1. The van der Waals surface area contributed by atoms with E-state index in [4.69, 9.17) is 11.6 Å². The highest BCUT2D eigenvalue weighted by atomic mass is 35.5. The van der Waals surface area contributed by atoms with Gasteiger partial charge in [-0.1, -0.05) is 11.6 Å². The first-order valence-electron chi connectivity index (χ1n) is 6.54. The summed E-state index contributed by atoms with van der Waals surface area (Å²) in [6.45, 7) is 0.487. The number of hydrogen-bond donors (Lipinski definition) is 1. The summed E-state index contributed by atoms with van der Waals surface area (Å²) in [5.74, 6) is -2.15. The molecule has 1 aromatic rings. The molecule has 0 spiro atoms. The molecule has 1 saturated heterocycles. The predicted molar refractivity (Wildman–Crippen MR) is 75.9 cm³/mol. The fraction of sp³-hybridized carbons (Fsp3) is 0.357. The van der Waals surface area contributed by atoms with Gasteiger partial charge >= 0.3 is 5.97 Å². The number of rotatable bonds is 3. The third kappa shape index (κ3) is 3.36. The molecule has 0 aromatic heterocycles. The number of nitrogens with one attached hydrogen (secondary N) is 1. The molecule has 0 unspecified atom stereocenters. The van der Waals surface area contributed by atoms with Gasteiger partial charge in [0, 0.05) is 13.1 Å². The molecule has 2 rings (SSSR count). The molecule has 1 aliphatic rings. The Labute approximate surface area is 131 Å². The van der Waals surface area contributed by atoms with Crippen molar-refractivity contribution >= 4 is 29.4 Å². The number of nitrogens with zero attached hydrogens (tertiary/aromatic N) is 1. The number of esters is 1. The summed E-state index contributed by atoms with van der Waals surface area (Å²) in [5, 5.41) is 2.54. The molecule has 1 N–H and O–H groups in total. The largest absolute Gasteiger partial charge is 0.469 e. The Balaban J connectivity index is 2.28. The van der Waals surface area contributed by atoms with E-state index in [-0.39, 0.29) is 30.1 Å². The highest BCUT2D eigenvalue weighted by Gasteiger charge is 2.36. The molecule has 0 bridgehead atoms. The van der Waals surface area contributed by atoms with E-state index in [1.54, 1.807) is 0 Å². The van der Waals surface area contributed by atoms with Gasteiger partial charge in [0.1, 0.15) is 11.9 Å². The lowest BCUT2D eigenvalue weighted by molar-refractivity contribution is -0.145. The number of amides is 2. The molecule has 0 radical (unpaired) electrons. The van der Waals surface area contributed by atoms with Gasteiger partial charge in [-0.15, -0.1) is 0 Å². The number of hydrogen-bond acceptors (Lipinski definition) is 4. The number of piperazine rings is 1. The van der Waals surface area contributed by atoms with Crippen molar-refractivity contribution in [3.8, 4) is 0 Å². The van der Waals surface area contributed by atoms with Crippen LogP contribution < -0.4 is 5.32 Å². The average Bonchev–Trinajstić information content (AvgIpc) is 2.48. The second-order valence-electron chi connectivity index (χ2n) is 4.71. The Hall–Kier alpha value is -2.15. The van der Waals surface area contributed by atoms with Crippen LogP contribution in [0.15, 0.2) is 18.2 Å². The SMILES string of the molecule is COC(=O)C[C@@H]1C(=O)NCCN1C(=O)c1ccc(F)cc1Cl. The lowest BCUT2D eigenvalue weighted by Crippen LogP contribution is -2.57. The first-order valence-corrected chi connectivity index (χ1v) is 6.92. The maximum absolute atomic E-state index is 13.1. The molecule has 0 aliphatic carbocycles. The zero-order valence-electron chi connectivity index (χ0n) is 11.8. The fourth-order valence-electron chi connectivity index (χ4n) is 2.22. The molecule has 1 aliphatic heterocycles. The lowest BCUT2D eigenvalue weighted by Gasteiger charge is -2.34. The van der Waals surface area contributed by atoms with Crippen molar-refractivity contribution < 1.29 is 23.5 Å². The quantitative estimate of drug-likeness (QED) is 0.839. The summed E-state index contributed by atoms with van der Waals surface area (Å²) in [4.78, 5) is 37.1. The van der Waals surface area contributed by atoms with Crippen molar-refractivity contribution in [3.05, 3.63) is 34.6 Å². The summed E-state index contributed by atoms with van der Waals surface area (Å²) in [6, 6.07) is 2.41. The molecule has 1 heterocycles. The van der Waals surface area contributed by atoms with Crippen LogP contribution in [0.4, 0.5) is 4.39 Å². The van der Waals surface area contributed by atoms with Crippen LogP contribution in [0.5, 0.6) is 0 Å². The van der Waals surface area contributed by atoms with E-state index in [1.165, 1.54) is 18.1 Å². The van der Waals surface area contributed by atoms with E-state index < -0.39 is 29.6 Å². The summed E-state index contributed by atoms with van der Waals surface area (Å²) in [6.07, 6.45) is -0.257. The van der Waals surface area contributed by atoms with Crippen molar-refractivity contribution in [2.45, 2.75) is 12.5 Å². The third-order valence-electron chi connectivity index (χ3n) is 3.34. The molecule has 1 atom stereocenters. The Kier molecular flexibility index (Phi) is 4.97. The zero-order valence-corrected chi connectivity index (χ0v) is 12.5. The van der Waals surface area contributed by atoms with Crippen LogP contribution in [0.25, 0.3) is 0 Å². The van der Waals surface area contributed by atoms with Crippen LogP contribution in [-0.4, -0.2) is 48.9 Å². The van der Waals surface area contributed by atoms with Crippen LogP contribution in [0.1, 0.15) is 16.8 Å². The molecule has 118 valence electrons. The van der Waals surface area contributed by atoms with Crippen LogP contribution in [0, 0.1) is 5.82 Å². The summed E-state index contributed by atoms with van der Waals surface area (Å²) in [5.41, 5.74) is 0.0765. The molecular formula is C14H14ClFN2O4. The smallest absolute Gasteiger partial charge is 0.308 e. The predicted octanol–water partition coefficient (Wildman–Crippen LogP) is 0.983. The van der Waals surface area contributed by atoms with Gasteiger partial charge in [0.2, 0.25) is 5.91 Å². The van der Waals surface area contributed by atoms with Crippen LogP contribution in [0.3, 0.4) is 0 Å². The van der Waals surface area contributed by atoms with Crippen molar-refractivity contribution in [1.29, 1.82) is 0 Å². The minimum Gasteiger partial charge on any atom is -0.469 e. The van der Waals surface area contributed by atoms with Crippen molar-refractivity contribution in [2.75, 3.05) is 20.2 Å². The van der Waals surface area contributed by atoms with E-state index in [0.29, 0.717) is 0 Å². The van der Waals surface area contributed by atoms with Gasteiger partial charge in [-0.05, 0) is 18.2 Å². The Morgan fingerprint density at radius 3 is 2.86 bits per heavy atom. The number of methoxy groups -OCH3 is 1.